The molecule has 1 atom stereocenters. The third kappa shape index (κ3) is 4.64. The number of carbonyl (C=O) groups is 1. The topological polar surface area (TPSA) is 110 Å². The van der Waals surface area contributed by atoms with Gasteiger partial charge in [0.2, 0.25) is 0 Å². The van der Waals surface area contributed by atoms with Crippen LogP contribution in [0.4, 0.5) is 5.82 Å². The van der Waals surface area contributed by atoms with Gasteiger partial charge >= 0.3 is 0 Å². The summed E-state index contributed by atoms with van der Waals surface area (Å²) in [6, 6.07) is 9.42. The van der Waals surface area contributed by atoms with Crippen LogP contribution in [0.15, 0.2) is 42.6 Å². The van der Waals surface area contributed by atoms with Crippen molar-refractivity contribution in [3.63, 3.8) is 0 Å². The molecule has 0 aliphatic carbocycles. The highest BCUT2D eigenvalue weighted by atomic mass is 16.5. The molecule has 2 rings (SSSR count). The van der Waals surface area contributed by atoms with Gasteiger partial charge in [0.05, 0.1) is 6.04 Å². The summed E-state index contributed by atoms with van der Waals surface area (Å²) < 4.78 is 5.59. The molecule has 0 spiro atoms. The van der Waals surface area contributed by atoms with Crippen molar-refractivity contribution in [1.82, 2.24) is 10.4 Å². The molecule has 2 aromatic rings. The Bertz CT molecular complexity index is 629. The maximum Gasteiger partial charge on any atom is 0.254 e. The predicted molar refractivity (Wildman–Crippen MR) is 82.1 cm³/mol. The second-order valence-corrected chi connectivity index (χ2v) is 4.73. The van der Waals surface area contributed by atoms with Crippen molar-refractivity contribution in [3.05, 3.63) is 48.2 Å². The first-order chi connectivity index (χ1) is 10.5. The summed E-state index contributed by atoms with van der Waals surface area (Å²) in [5, 5.41) is 9.21. The molecule has 7 heteroatoms. The van der Waals surface area contributed by atoms with E-state index in [0.717, 1.165) is 5.56 Å². The predicted octanol–water partition coefficient (Wildman–Crippen LogP) is 1.16. The fourth-order valence-corrected chi connectivity index (χ4v) is 1.58. The third-order valence-electron chi connectivity index (χ3n) is 2.79. The molecule has 0 saturated carbocycles. The number of phenolic OH excluding ortho intramolecular Hbond substituents is 1. The second-order valence-electron chi connectivity index (χ2n) is 4.73. The molecule has 1 unspecified atom stereocenters. The molecule has 0 fully saturated rings. The van der Waals surface area contributed by atoms with E-state index in [2.05, 4.69) is 15.8 Å². The van der Waals surface area contributed by atoms with E-state index in [0.29, 0.717) is 18.2 Å². The smallest absolute Gasteiger partial charge is 0.254 e. The number of phenols is 1. The number of aromatic nitrogens is 1. The van der Waals surface area contributed by atoms with E-state index in [1.54, 1.807) is 49.5 Å². The molecule has 0 aliphatic rings. The van der Waals surface area contributed by atoms with E-state index in [-0.39, 0.29) is 11.7 Å². The summed E-state index contributed by atoms with van der Waals surface area (Å²) in [6.07, 6.45) is 1.61. The number of anilines is 1. The zero-order valence-electron chi connectivity index (χ0n) is 12.1. The Morgan fingerprint density at radius 1 is 1.36 bits per heavy atom. The number of nitrogens with one attached hydrogen (secondary N) is 2. The fourth-order valence-electron chi connectivity index (χ4n) is 1.58. The first kappa shape index (κ1) is 15.6. The van der Waals surface area contributed by atoms with Gasteiger partial charge < -0.3 is 15.6 Å². The average molecular weight is 302 g/mol. The zero-order valence-corrected chi connectivity index (χ0v) is 12.1. The number of pyridine rings is 1. The molecule has 7 nitrogen and oxygen atoms in total. The normalized spacial score (nSPS) is 11.5. The minimum absolute atomic E-state index is 0.188. The maximum absolute atomic E-state index is 11.4. The van der Waals surface area contributed by atoms with Crippen molar-refractivity contribution >= 4 is 11.7 Å². The van der Waals surface area contributed by atoms with Gasteiger partial charge in [0.15, 0.2) is 0 Å². The summed E-state index contributed by atoms with van der Waals surface area (Å²) in [5.74, 6) is 0.996. The van der Waals surface area contributed by atoms with Crippen LogP contribution in [0.25, 0.3) is 0 Å². The number of rotatable bonds is 6. The number of hydrogen-bond donors (Lipinski definition) is 4. The molecule has 0 saturated heterocycles. The number of amides is 1. The van der Waals surface area contributed by atoms with E-state index in [1.807, 2.05) is 0 Å². The number of benzene rings is 1. The molecular weight excluding hydrogens is 284 g/mol. The summed E-state index contributed by atoms with van der Waals surface area (Å²) in [4.78, 5) is 15.4. The Morgan fingerprint density at radius 3 is 2.77 bits per heavy atom. The van der Waals surface area contributed by atoms with Crippen molar-refractivity contribution in [2.24, 2.45) is 5.73 Å². The van der Waals surface area contributed by atoms with Crippen molar-refractivity contribution in [1.29, 1.82) is 0 Å². The van der Waals surface area contributed by atoms with Crippen molar-refractivity contribution in [2.45, 2.75) is 19.6 Å². The molecule has 1 amide bonds. The molecule has 1 heterocycles. The van der Waals surface area contributed by atoms with Gasteiger partial charge in [-0.2, -0.15) is 0 Å². The molecule has 1 aromatic heterocycles. The van der Waals surface area contributed by atoms with Gasteiger partial charge in [-0.25, -0.2) is 4.98 Å². The van der Waals surface area contributed by atoms with Crippen molar-refractivity contribution < 1.29 is 14.6 Å². The Hall–Kier alpha value is -2.80. The van der Waals surface area contributed by atoms with Crippen molar-refractivity contribution in [3.8, 4) is 11.5 Å². The largest absolute Gasteiger partial charge is 0.508 e. The summed E-state index contributed by atoms with van der Waals surface area (Å²) in [5.41, 5.74) is 11.5. The number of aromatic hydroxyl groups is 1. The quantitative estimate of drug-likeness (QED) is 0.596. The van der Waals surface area contributed by atoms with E-state index in [1.165, 1.54) is 0 Å². The molecule has 0 radical (unpaired) electrons. The second kappa shape index (κ2) is 7.28. The number of hydrazine groups is 1. The highest BCUT2D eigenvalue weighted by Crippen LogP contribution is 2.17. The first-order valence-corrected chi connectivity index (χ1v) is 6.73. The lowest BCUT2D eigenvalue weighted by Gasteiger charge is -2.11. The number of nitrogens with two attached hydrogens (primary N) is 1. The molecule has 116 valence electrons. The average Bonchev–Trinajstić information content (AvgIpc) is 2.52. The number of ether oxygens (including phenoxy) is 1. The molecule has 1 aromatic carbocycles. The van der Waals surface area contributed by atoms with Crippen LogP contribution in [-0.4, -0.2) is 22.0 Å². The van der Waals surface area contributed by atoms with E-state index in [4.69, 9.17) is 10.5 Å². The summed E-state index contributed by atoms with van der Waals surface area (Å²) >= 11 is 0. The Kier molecular flexibility index (Phi) is 5.16. The van der Waals surface area contributed by atoms with Crippen molar-refractivity contribution in [2.75, 3.05) is 5.43 Å². The van der Waals surface area contributed by atoms with E-state index in [9.17, 15) is 9.90 Å². The number of carbonyl (C=O) groups excluding carboxylic acids is 1. The molecule has 5 N–H and O–H groups in total. The summed E-state index contributed by atoms with van der Waals surface area (Å²) in [6.45, 7) is 1.93. The van der Waals surface area contributed by atoms with E-state index < -0.39 is 6.04 Å². The van der Waals surface area contributed by atoms with Gasteiger partial charge in [-0.15, -0.1) is 0 Å². The molecular formula is C15H18N4O3. The Labute approximate surface area is 128 Å². The number of nitrogens with zero attached hydrogens (tertiary/aromatic N) is 1. The lowest BCUT2D eigenvalue weighted by atomic mass is 10.3. The van der Waals surface area contributed by atoms with Gasteiger partial charge in [-0.05, 0) is 48.9 Å². The molecule has 0 aliphatic heterocycles. The molecule has 0 bridgehead atoms. The standard InChI is InChI=1S/C15H18N4O3/c1-10(16)15(21)19-18-14-8-11(6-7-17-14)9-22-13-4-2-12(20)3-5-13/h2-8,10,20H,9,16H2,1H3,(H,17,18)(H,19,21). The SMILES string of the molecule is CC(N)C(=O)NNc1cc(COc2ccc(O)cc2)ccn1. The highest BCUT2D eigenvalue weighted by molar-refractivity contribution is 5.81. The highest BCUT2D eigenvalue weighted by Gasteiger charge is 2.06. The van der Waals surface area contributed by atoms with Crippen LogP contribution >= 0.6 is 0 Å². The van der Waals surface area contributed by atoms with Crippen LogP contribution in [0.5, 0.6) is 11.5 Å². The minimum atomic E-state index is -0.603. The van der Waals surface area contributed by atoms with Crippen LogP contribution in [0.3, 0.4) is 0 Å². The van der Waals surface area contributed by atoms with Gasteiger partial charge in [-0.1, -0.05) is 0 Å². The van der Waals surface area contributed by atoms with Crippen LogP contribution < -0.4 is 21.3 Å². The maximum atomic E-state index is 11.4. The van der Waals surface area contributed by atoms with Crippen LogP contribution in [0, 0.1) is 0 Å². The minimum Gasteiger partial charge on any atom is -0.508 e. The number of hydrogen-bond acceptors (Lipinski definition) is 6. The fraction of sp³-hybridized carbons (Fsp3) is 0.200. The lowest BCUT2D eigenvalue weighted by Crippen LogP contribution is -2.41. The van der Waals surface area contributed by atoms with Crippen LogP contribution in [0.2, 0.25) is 0 Å². The van der Waals surface area contributed by atoms with Gasteiger partial charge in [0, 0.05) is 6.20 Å². The summed E-state index contributed by atoms with van der Waals surface area (Å²) in [7, 11) is 0. The first-order valence-electron chi connectivity index (χ1n) is 6.73. The zero-order chi connectivity index (χ0) is 15.9. The Balaban J connectivity index is 1.90. The van der Waals surface area contributed by atoms with Crippen LogP contribution in [0.1, 0.15) is 12.5 Å². The third-order valence-corrected chi connectivity index (χ3v) is 2.79. The monoisotopic (exact) mass is 302 g/mol. The van der Waals surface area contributed by atoms with Gasteiger partial charge in [-0.3, -0.25) is 15.6 Å². The van der Waals surface area contributed by atoms with Gasteiger partial charge in [0.25, 0.3) is 5.91 Å². The molecule has 22 heavy (non-hydrogen) atoms. The lowest BCUT2D eigenvalue weighted by molar-refractivity contribution is -0.121. The van der Waals surface area contributed by atoms with Crippen LogP contribution in [-0.2, 0) is 11.4 Å². The van der Waals surface area contributed by atoms with Gasteiger partial charge in [0.1, 0.15) is 23.9 Å². The Morgan fingerprint density at radius 2 is 2.09 bits per heavy atom. The van der Waals surface area contributed by atoms with E-state index >= 15 is 0 Å².